The standard InChI is InChI=1S/C15H14O3/c1-9(2)7-8-12-13(16)10-5-3-4-6-11(10)14(17)15(12)18/h3-7,16H,8H2,1-2H3/p-1. The third-order valence-corrected chi connectivity index (χ3v) is 2.89. The zero-order valence-corrected chi connectivity index (χ0v) is 10.3. The number of fused-ring (bicyclic) bond motifs is 1. The zero-order chi connectivity index (χ0) is 13.3. The van der Waals surface area contributed by atoms with Crippen molar-refractivity contribution in [1.29, 1.82) is 0 Å². The molecule has 0 atom stereocenters. The Morgan fingerprint density at radius 3 is 2.33 bits per heavy atom. The maximum absolute atomic E-state index is 12.1. The maximum Gasteiger partial charge on any atom is 0.233 e. The Bertz CT molecular complexity index is 588. The van der Waals surface area contributed by atoms with E-state index in [-0.39, 0.29) is 23.3 Å². The van der Waals surface area contributed by atoms with Crippen LogP contribution in [0.4, 0.5) is 0 Å². The highest BCUT2D eigenvalue weighted by Crippen LogP contribution is 2.27. The summed E-state index contributed by atoms with van der Waals surface area (Å²) in [5, 5.41) is 12.1. The Kier molecular flexibility index (Phi) is 3.15. The van der Waals surface area contributed by atoms with Crippen LogP contribution in [0.15, 0.2) is 41.5 Å². The molecule has 0 N–H and O–H groups in total. The lowest BCUT2D eigenvalue weighted by Crippen LogP contribution is -2.27. The predicted molar refractivity (Wildman–Crippen MR) is 66.7 cm³/mol. The molecule has 0 unspecified atom stereocenters. The molecule has 0 heterocycles. The van der Waals surface area contributed by atoms with Gasteiger partial charge < -0.3 is 5.11 Å². The average Bonchev–Trinajstić information content (AvgIpc) is 2.36. The maximum atomic E-state index is 12.1. The van der Waals surface area contributed by atoms with Gasteiger partial charge in [0.25, 0.3) is 0 Å². The molecule has 0 amide bonds. The smallest absolute Gasteiger partial charge is 0.233 e. The normalized spacial score (nSPS) is 14.6. The molecule has 1 aromatic rings. The van der Waals surface area contributed by atoms with Crippen LogP contribution >= 0.6 is 0 Å². The van der Waals surface area contributed by atoms with Gasteiger partial charge in [-0.1, -0.05) is 41.7 Å². The Morgan fingerprint density at radius 2 is 1.72 bits per heavy atom. The van der Waals surface area contributed by atoms with Gasteiger partial charge in [0.15, 0.2) is 0 Å². The molecule has 0 radical (unpaired) electrons. The third-order valence-electron chi connectivity index (χ3n) is 2.89. The lowest BCUT2D eigenvalue weighted by Gasteiger charge is -2.24. The minimum absolute atomic E-state index is 0.0694. The second kappa shape index (κ2) is 4.61. The summed E-state index contributed by atoms with van der Waals surface area (Å²) in [6.07, 6.45) is 2.01. The van der Waals surface area contributed by atoms with E-state index in [0.29, 0.717) is 5.56 Å². The number of ketones is 2. The molecule has 92 valence electrons. The molecular weight excluding hydrogens is 228 g/mol. The summed E-state index contributed by atoms with van der Waals surface area (Å²) >= 11 is 0. The van der Waals surface area contributed by atoms with Gasteiger partial charge >= 0.3 is 0 Å². The lowest BCUT2D eigenvalue weighted by atomic mass is 9.87. The molecule has 2 rings (SSSR count). The fourth-order valence-corrected chi connectivity index (χ4v) is 1.90. The lowest BCUT2D eigenvalue weighted by molar-refractivity contribution is -0.245. The van der Waals surface area contributed by atoms with Crippen LogP contribution in [-0.4, -0.2) is 11.6 Å². The number of carbonyl (C=O) groups is 2. The van der Waals surface area contributed by atoms with Gasteiger partial charge in [0.05, 0.1) is 0 Å². The molecule has 0 fully saturated rings. The van der Waals surface area contributed by atoms with Crippen molar-refractivity contribution >= 4 is 17.3 Å². The first-order valence-electron chi connectivity index (χ1n) is 5.74. The van der Waals surface area contributed by atoms with Gasteiger partial charge in [-0.15, -0.1) is 0 Å². The number of Topliss-reactive ketones (excluding diaryl/α,β-unsaturated/α-hetero) is 2. The number of hydrogen-bond donors (Lipinski definition) is 0. The number of carbonyl (C=O) groups excluding carboxylic acids is 2. The second-order valence-corrected chi connectivity index (χ2v) is 4.50. The van der Waals surface area contributed by atoms with Crippen LogP contribution in [0.1, 0.15) is 36.2 Å². The largest absolute Gasteiger partial charge is 0.872 e. The van der Waals surface area contributed by atoms with Crippen molar-refractivity contribution in [2.45, 2.75) is 20.3 Å². The highest BCUT2D eigenvalue weighted by Gasteiger charge is 2.27. The molecule has 3 heteroatoms. The monoisotopic (exact) mass is 241 g/mol. The van der Waals surface area contributed by atoms with E-state index in [4.69, 9.17) is 0 Å². The number of allylic oxidation sites excluding steroid dienone is 3. The molecule has 0 bridgehead atoms. The Labute approximate surface area is 105 Å². The molecule has 0 aromatic heterocycles. The summed E-state index contributed by atoms with van der Waals surface area (Å²) in [7, 11) is 0. The van der Waals surface area contributed by atoms with Crippen LogP contribution < -0.4 is 5.11 Å². The fraction of sp³-hybridized carbons (Fsp3) is 0.200. The van der Waals surface area contributed by atoms with Crippen LogP contribution in [0.2, 0.25) is 0 Å². The first-order chi connectivity index (χ1) is 8.52. The van der Waals surface area contributed by atoms with Crippen LogP contribution in [0.3, 0.4) is 0 Å². The number of rotatable bonds is 2. The van der Waals surface area contributed by atoms with Gasteiger partial charge in [-0.05, 0) is 25.8 Å². The topological polar surface area (TPSA) is 57.2 Å². The second-order valence-electron chi connectivity index (χ2n) is 4.50. The molecule has 0 saturated carbocycles. The molecule has 0 saturated heterocycles. The summed E-state index contributed by atoms with van der Waals surface area (Å²) in [4.78, 5) is 23.7. The fourth-order valence-electron chi connectivity index (χ4n) is 1.90. The third kappa shape index (κ3) is 1.99. The molecule has 1 aliphatic rings. The van der Waals surface area contributed by atoms with E-state index in [1.807, 2.05) is 13.8 Å². The molecule has 1 aliphatic carbocycles. The van der Waals surface area contributed by atoms with E-state index >= 15 is 0 Å². The minimum Gasteiger partial charge on any atom is -0.872 e. The van der Waals surface area contributed by atoms with E-state index in [1.54, 1.807) is 24.3 Å². The number of benzene rings is 1. The predicted octanol–water partition coefficient (Wildman–Crippen LogP) is 1.88. The van der Waals surface area contributed by atoms with E-state index in [9.17, 15) is 14.7 Å². The van der Waals surface area contributed by atoms with Gasteiger partial charge in [0.1, 0.15) is 0 Å². The first-order valence-corrected chi connectivity index (χ1v) is 5.74. The summed E-state index contributed by atoms with van der Waals surface area (Å²) in [5.74, 6) is -1.58. The van der Waals surface area contributed by atoms with Crippen LogP contribution in [0.25, 0.3) is 5.76 Å². The molecule has 0 aliphatic heterocycles. The van der Waals surface area contributed by atoms with Crippen molar-refractivity contribution < 1.29 is 14.7 Å². The SMILES string of the molecule is CC(C)=CCC1=C([O-])c2ccccc2C(=O)C1=O. The van der Waals surface area contributed by atoms with E-state index in [1.165, 1.54) is 6.07 Å². The van der Waals surface area contributed by atoms with E-state index in [2.05, 4.69) is 0 Å². The van der Waals surface area contributed by atoms with Crippen molar-refractivity contribution in [2.24, 2.45) is 0 Å². The van der Waals surface area contributed by atoms with Crippen molar-refractivity contribution in [3.63, 3.8) is 0 Å². The van der Waals surface area contributed by atoms with E-state index < -0.39 is 11.6 Å². The van der Waals surface area contributed by atoms with Crippen LogP contribution in [0, 0.1) is 0 Å². The molecule has 1 aromatic carbocycles. The molecular formula is C15H13O3-. The van der Waals surface area contributed by atoms with Crippen LogP contribution in [0.5, 0.6) is 0 Å². The Balaban J connectivity index is 2.55. The highest BCUT2D eigenvalue weighted by molar-refractivity contribution is 6.52. The molecule has 3 nitrogen and oxygen atoms in total. The quantitative estimate of drug-likeness (QED) is 0.586. The molecule has 18 heavy (non-hydrogen) atoms. The van der Waals surface area contributed by atoms with Gasteiger partial charge in [-0.2, -0.15) is 0 Å². The minimum atomic E-state index is -0.670. The van der Waals surface area contributed by atoms with Crippen LogP contribution in [-0.2, 0) is 4.79 Å². The van der Waals surface area contributed by atoms with E-state index in [0.717, 1.165) is 5.57 Å². The van der Waals surface area contributed by atoms with Crippen molar-refractivity contribution in [3.05, 3.63) is 52.6 Å². The zero-order valence-electron chi connectivity index (χ0n) is 10.3. The Morgan fingerprint density at radius 1 is 1.11 bits per heavy atom. The number of hydrogen-bond acceptors (Lipinski definition) is 3. The highest BCUT2D eigenvalue weighted by atomic mass is 16.3. The van der Waals surface area contributed by atoms with Crippen molar-refractivity contribution in [3.8, 4) is 0 Å². The van der Waals surface area contributed by atoms with Crippen molar-refractivity contribution in [1.82, 2.24) is 0 Å². The summed E-state index contributed by atoms with van der Waals surface area (Å²) in [5.41, 5.74) is 1.63. The van der Waals surface area contributed by atoms with Gasteiger partial charge in [0.2, 0.25) is 11.6 Å². The van der Waals surface area contributed by atoms with Gasteiger partial charge in [-0.3, -0.25) is 9.59 Å². The summed E-state index contributed by atoms with van der Waals surface area (Å²) in [6.45, 7) is 3.77. The summed E-state index contributed by atoms with van der Waals surface area (Å²) < 4.78 is 0. The first kappa shape index (κ1) is 12.3. The summed E-state index contributed by atoms with van der Waals surface area (Å²) in [6, 6.07) is 6.45. The van der Waals surface area contributed by atoms with Crippen molar-refractivity contribution in [2.75, 3.05) is 0 Å². The Hall–Kier alpha value is -2.16. The van der Waals surface area contributed by atoms with Gasteiger partial charge in [-0.25, -0.2) is 0 Å². The average molecular weight is 241 g/mol. The van der Waals surface area contributed by atoms with Gasteiger partial charge in [0, 0.05) is 11.1 Å². The molecule has 0 spiro atoms.